The Hall–Kier alpha value is -3.76. The van der Waals surface area contributed by atoms with Gasteiger partial charge in [-0.3, -0.25) is 9.36 Å². The molecule has 0 aromatic carbocycles. The maximum atomic E-state index is 14.5. The van der Waals surface area contributed by atoms with E-state index < -0.39 is 17.5 Å². The summed E-state index contributed by atoms with van der Waals surface area (Å²) in [6, 6.07) is 4.94. The molecule has 0 unspecified atom stereocenters. The molecule has 180 valence electrons. The van der Waals surface area contributed by atoms with E-state index in [9.17, 15) is 14.0 Å². The van der Waals surface area contributed by atoms with Crippen molar-refractivity contribution in [3.8, 4) is 11.5 Å². The van der Waals surface area contributed by atoms with E-state index in [-0.39, 0.29) is 29.4 Å². The molecule has 3 heterocycles. The molecule has 0 atom stereocenters. The van der Waals surface area contributed by atoms with E-state index in [2.05, 4.69) is 25.7 Å². The maximum Gasteiger partial charge on any atom is 0.407 e. The van der Waals surface area contributed by atoms with Crippen LogP contribution in [0.25, 0.3) is 11.5 Å². The van der Waals surface area contributed by atoms with Crippen LogP contribution in [0.5, 0.6) is 0 Å². The molecule has 3 aromatic rings. The SMILES string of the molecule is CC(C)(C)OC(=O)NC1CCC(Nc2ncc(F)c(-n3cc(-n4ccccc4=O)cn3)n2)CC1. The molecular formula is C23H28FN7O3. The lowest BCUT2D eigenvalue weighted by molar-refractivity contribution is 0.0492. The van der Waals surface area contributed by atoms with E-state index in [0.29, 0.717) is 5.69 Å². The lowest BCUT2D eigenvalue weighted by Gasteiger charge is -2.30. The van der Waals surface area contributed by atoms with Crippen molar-refractivity contribution in [3.05, 3.63) is 59.2 Å². The highest BCUT2D eigenvalue weighted by Gasteiger charge is 2.25. The Labute approximate surface area is 196 Å². The molecule has 1 amide bonds. The van der Waals surface area contributed by atoms with Crippen LogP contribution in [0.2, 0.25) is 0 Å². The first kappa shape index (κ1) is 23.4. The number of carbonyl (C=O) groups is 1. The van der Waals surface area contributed by atoms with Crippen molar-refractivity contribution in [1.82, 2.24) is 29.6 Å². The standard InChI is InChI=1S/C23H28FN7O3/c1-23(2,3)34-22(33)28-16-9-7-15(8-10-16)27-21-25-13-18(24)20(29-21)31-14-17(12-26-31)30-11-5-4-6-19(30)32/h4-6,11-16H,7-10H2,1-3H3,(H,28,33)(H,25,27,29). The van der Waals surface area contributed by atoms with Crippen LogP contribution in [0.3, 0.4) is 0 Å². The topological polar surface area (TPSA) is 116 Å². The number of hydrogen-bond donors (Lipinski definition) is 2. The zero-order chi connectivity index (χ0) is 24.3. The van der Waals surface area contributed by atoms with Gasteiger partial charge in [0.1, 0.15) is 5.60 Å². The molecule has 1 fully saturated rings. The van der Waals surface area contributed by atoms with Crippen LogP contribution in [-0.2, 0) is 4.74 Å². The summed E-state index contributed by atoms with van der Waals surface area (Å²) in [5.74, 6) is -0.368. The summed E-state index contributed by atoms with van der Waals surface area (Å²) in [4.78, 5) is 32.4. The second-order valence-electron chi connectivity index (χ2n) is 9.26. The van der Waals surface area contributed by atoms with Crippen molar-refractivity contribution in [2.45, 2.75) is 64.1 Å². The van der Waals surface area contributed by atoms with E-state index in [1.165, 1.54) is 27.7 Å². The first-order chi connectivity index (χ1) is 16.2. The van der Waals surface area contributed by atoms with E-state index in [1.807, 2.05) is 20.8 Å². The molecule has 1 aliphatic carbocycles. The van der Waals surface area contributed by atoms with Crippen LogP contribution in [-0.4, -0.2) is 48.1 Å². The van der Waals surface area contributed by atoms with Crippen LogP contribution >= 0.6 is 0 Å². The number of nitrogens with zero attached hydrogens (tertiary/aromatic N) is 5. The van der Waals surface area contributed by atoms with Gasteiger partial charge in [0.15, 0.2) is 11.6 Å². The maximum absolute atomic E-state index is 14.5. The molecule has 1 saturated carbocycles. The first-order valence-corrected chi connectivity index (χ1v) is 11.2. The quantitative estimate of drug-likeness (QED) is 0.589. The van der Waals surface area contributed by atoms with Crippen LogP contribution in [0.1, 0.15) is 46.5 Å². The highest BCUT2D eigenvalue weighted by atomic mass is 19.1. The average molecular weight is 470 g/mol. The average Bonchev–Trinajstić information content (AvgIpc) is 3.25. The fourth-order valence-electron chi connectivity index (χ4n) is 3.82. The molecule has 10 nitrogen and oxygen atoms in total. The third-order valence-electron chi connectivity index (χ3n) is 5.39. The van der Waals surface area contributed by atoms with Gasteiger partial charge in [-0.05, 0) is 52.5 Å². The smallest absolute Gasteiger partial charge is 0.407 e. The second-order valence-corrected chi connectivity index (χ2v) is 9.26. The number of hydrogen-bond acceptors (Lipinski definition) is 7. The molecule has 3 aromatic heterocycles. The van der Waals surface area contributed by atoms with Gasteiger partial charge in [0.25, 0.3) is 5.56 Å². The summed E-state index contributed by atoms with van der Waals surface area (Å²) in [6.07, 6.45) is 8.43. The van der Waals surface area contributed by atoms with Crippen molar-refractivity contribution < 1.29 is 13.9 Å². The summed E-state index contributed by atoms with van der Waals surface area (Å²) in [7, 11) is 0. The lowest BCUT2D eigenvalue weighted by atomic mass is 9.91. The number of amides is 1. The minimum absolute atomic E-state index is 0.0204. The highest BCUT2D eigenvalue weighted by Crippen LogP contribution is 2.22. The fraction of sp³-hybridized carbons (Fsp3) is 0.435. The number of ether oxygens (including phenoxy) is 1. The Morgan fingerprint density at radius 2 is 1.88 bits per heavy atom. The second kappa shape index (κ2) is 9.62. The molecule has 4 rings (SSSR count). The minimum Gasteiger partial charge on any atom is -0.444 e. The zero-order valence-electron chi connectivity index (χ0n) is 19.4. The minimum atomic E-state index is -0.633. The Balaban J connectivity index is 1.39. The normalized spacial score (nSPS) is 18.4. The van der Waals surface area contributed by atoms with Gasteiger partial charge in [-0.15, -0.1) is 0 Å². The van der Waals surface area contributed by atoms with Gasteiger partial charge in [0, 0.05) is 24.3 Å². The van der Waals surface area contributed by atoms with Crippen molar-refractivity contribution in [1.29, 1.82) is 0 Å². The molecule has 0 aliphatic heterocycles. The molecule has 0 saturated heterocycles. The molecule has 0 bridgehead atoms. The predicted octanol–water partition coefficient (Wildman–Crippen LogP) is 3.20. The number of pyridine rings is 1. The van der Waals surface area contributed by atoms with E-state index >= 15 is 0 Å². The van der Waals surface area contributed by atoms with Crippen LogP contribution < -0.4 is 16.2 Å². The van der Waals surface area contributed by atoms with Crippen molar-refractivity contribution >= 4 is 12.0 Å². The van der Waals surface area contributed by atoms with Crippen molar-refractivity contribution in [2.24, 2.45) is 0 Å². The number of anilines is 1. The van der Waals surface area contributed by atoms with E-state index in [4.69, 9.17) is 4.74 Å². The largest absolute Gasteiger partial charge is 0.444 e. The fourth-order valence-corrected chi connectivity index (χ4v) is 3.82. The van der Waals surface area contributed by atoms with Gasteiger partial charge in [-0.2, -0.15) is 10.1 Å². The molecule has 11 heteroatoms. The van der Waals surface area contributed by atoms with Gasteiger partial charge >= 0.3 is 6.09 Å². The number of nitrogens with one attached hydrogen (secondary N) is 2. The predicted molar refractivity (Wildman–Crippen MR) is 124 cm³/mol. The Bertz CT molecular complexity index is 1210. The van der Waals surface area contributed by atoms with Gasteiger partial charge in [-0.25, -0.2) is 18.9 Å². The molecule has 1 aliphatic rings. The van der Waals surface area contributed by atoms with Crippen LogP contribution in [0.15, 0.2) is 47.8 Å². The Morgan fingerprint density at radius 1 is 1.15 bits per heavy atom. The monoisotopic (exact) mass is 469 g/mol. The van der Waals surface area contributed by atoms with Crippen molar-refractivity contribution in [2.75, 3.05) is 5.32 Å². The van der Waals surface area contributed by atoms with Gasteiger partial charge in [0.05, 0.1) is 24.3 Å². The molecule has 0 radical (unpaired) electrons. The Kier molecular flexibility index (Phi) is 6.62. The van der Waals surface area contributed by atoms with Gasteiger partial charge in [-0.1, -0.05) is 6.07 Å². The molecule has 34 heavy (non-hydrogen) atoms. The van der Waals surface area contributed by atoms with Crippen molar-refractivity contribution in [3.63, 3.8) is 0 Å². The number of alkyl carbamates (subject to hydrolysis) is 1. The summed E-state index contributed by atoms with van der Waals surface area (Å²) >= 11 is 0. The summed E-state index contributed by atoms with van der Waals surface area (Å²) < 4.78 is 22.5. The summed E-state index contributed by atoms with van der Waals surface area (Å²) in [5, 5.41) is 10.3. The molecular weight excluding hydrogens is 441 g/mol. The van der Waals surface area contributed by atoms with Crippen LogP contribution in [0, 0.1) is 5.82 Å². The lowest BCUT2D eigenvalue weighted by Crippen LogP contribution is -2.42. The summed E-state index contributed by atoms with van der Waals surface area (Å²) in [6.45, 7) is 5.49. The third-order valence-corrected chi connectivity index (χ3v) is 5.39. The highest BCUT2D eigenvalue weighted by molar-refractivity contribution is 5.68. The van der Waals surface area contributed by atoms with E-state index in [0.717, 1.165) is 31.9 Å². The number of carbonyl (C=O) groups excluding carboxylic acids is 1. The van der Waals surface area contributed by atoms with Crippen LogP contribution in [0.4, 0.5) is 15.1 Å². The Morgan fingerprint density at radius 3 is 2.59 bits per heavy atom. The number of halogens is 1. The zero-order valence-corrected chi connectivity index (χ0v) is 19.4. The number of rotatable bonds is 5. The number of aromatic nitrogens is 5. The van der Waals surface area contributed by atoms with Gasteiger partial charge < -0.3 is 15.4 Å². The molecule has 2 N–H and O–H groups in total. The third kappa shape index (κ3) is 5.77. The molecule has 0 spiro atoms. The summed E-state index contributed by atoms with van der Waals surface area (Å²) in [5.41, 5.74) is -0.259. The van der Waals surface area contributed by atoms with E-state index in [1.54, 1.807) is 18.3 Å². The van der Waals surface area contributed by atoms with Gasteiger partial charge in [0.2, 0.25) is 5.95 Å². The first-order valence-electron chi connectivity index (χ1n) is 11.2.